The summed E-state index contributed by atoms with van der Waals surface area (Å²) in [6.07, 6.45) is 5.82. The van der Waals surface area contributed by atoms with E-state index in [0.717, 1.165) is 50.5 Å². The fraction of sp³-hybridized carbons (Fsp3) is 0.412. The molecule has 2 saturated carbocycles. The number of pyridine rings is 1. The molecule has 2 aliphatic heterocycles. The fourth-order valence-electron chi connectivity index (χ4n) is 7.31. The summed E-state index contributed by atoms with van der Waals surface area (Å²) in [4.78, 5) is 25.8. The molecule has 4 aliphatic rings. The number of anilines is 1. The van der Waals surface area contributed by atoms with E-state index in [2.05, 4.69) is 26.9 Å². The van der Waals surface area contributed by atoms with Gasteiger partial charge in [-0.25, -0.2) is 14.2 Å². The van der Waals surface area contributed by atoms with Gasteiger partial charge in [-0.05, 0) is 62.1 Å². The number of hydrogen-bond donors (Lipinski definition) is 1. The van der Waals surface area contributed by atoms with E-state index in [1.807, 2.05) is 29.7 Å². The lowest BCUT2D eigenvalue weighted by atomic mass is 9.81. The Morgan fingerprint density at radius 3 is 2.70 bits per heavy atom. The first kappa shape index (κ1) is 29.0. The molecule has 0 bridgehead atoms. The van der Waals surface area contributed by atoms with Crippen LogP contribution in [0.3, 0.4) is 0 Å². The van der Waals surface area contributed by atoms with Crippen LogP contribution in [-0.4, -0.2) is 55.7 Å². The molecular formula is C34H32ClFN6O4. The van der Waals surface area contributed by atoms with Crippen molar-refractivity contribution in [1.82, 2.24) is 19.4 Å². The number of ether oxygens (including phenoxy) is 2. The van der Waals surface area contributed by atoms with Gasteiger partial charge in [-0.2, -0.15) is 5.26 Å². The maximum atomic E-state index is 15.2. The van der Waals surface area contributed by atoms with Crippen LogP contribution in [0.25, 0.3) is 11.0 Å². The highest BCUT2D eigenvalue weighted by Crippen LogP contribution is 2.52. The molecule has 0 radical (unpaired) electrons. The number of aromatic carboxylic acids is 1. The number of fused-ring (bicyclic) bond motifs is 3. The van der Waals surface area contributed by atoms with Crippen molar-refractivity contribution >= 4 is 34.3 Å². The van der Waals surface area contributed by atoms with Crippen molar-refractivity contribution in [2.24, 2.45) is 5.41 Å². The minimum Gasteiger partial charge on any atom is -0.478 e. The first-order valence-electron chi connectivity index (χ1n) is 15.6. The number of para-hydroxylation sites is 1. The molecule has 236 valence electrons. The minimum absolute atomic E-state index is 0.111. The van der Waals surface area contributed by atoms with Crippen LogP contribution < -0.4 is 14.4 Å². The van der Waals surface area contributed by atoms with Crippen LogP contribution in [0.5, 0.6) is 11.5 Å². The summed E-state index contributed by atoms with van der Waals surface area (Å²) in [6.45, 7) is 4.36. The summed E-state index contributed by atoms with van der Waals surface area (Å²) >= 11 is 6.07. The molecule has 3 fully saturated rings. The van der Waals surface area contributed by atoms with E-state index in [9.17, 15) is 15.2 Å². The van der Waals surface area contributed by atoms with Crippen LogP contribution in [0, 0.1) is 22.6 Å². The number of nitriles is 1. The highest BCUT2D eigenvalue weighted by molar-refractivity contribution is 6.30. The molecule has 2 aromatic heterocycles. The Labute approximate surface area is 269 Å². The first-order valence-corrected chi connectivity index (χ1v) is 16.0. The van der Waals surface area contributed by atoms with Crippen LogP contribution in [0.4, 0.5) is 10.1 Å². The molecule has 1 N–H and O–H groups in total. The second-order valence-corrected chi connectivity index (χ2v) is 13.5. The number of nitrogens with zero attached hydrogens (tertiary/aromatic N) is 6. The molecular weight excluding hydrogens is 611 g/mol. The van der Waals surface area contributed by atoms with E-state index in [1.54, 1.807) is 12.3 Å². The Hall–Kier alpha value is -4.40. The van der Waals surface area contributed by atoms with Gasteiger partial charge < -0.3 is 24.0 Å². The van der Waals surface area contributed by atoms with Crippen molar-refractivity contribution in [1.29, 1.82) is 5.26 Å². The Bertz CT molecular complexity index is 1920. The molecule has 1 saturated heterocycles. The molecule has 10 nitrogen and oxygen atoms in total. The number of carboxylic acids is 1. The minimum atomic E-state index is -1.19. The molecule has 8 rings (SSSR count). The average Bonchev–Trinajstić information content (AvgIpc) is 3.54. The third kappa shape index (κ3) is 4.74. The smallest absolute Gasteiger partial charge is 0.335 e. The highest BCUT2D eigenvalue weighted by Gasteiger charge is 2.48. The fourth-order valence-corrected chi connectivity index (χ4v) is 7.42. The van der Waals surface area contributed by atoms with Gasteiger partial charge in [-0.1, -0.05) is 17.7 Å². The summed E-state index contributed by atoms with van der Waals surface area (Å²) in [6, 6.07) is 14.9. The van der Waals surface area contributed by atoms with Gasteiger partial charge in [-0.15, -0.1) is 0 Å². The molecule has 0 amide bonds. The average molecular weight is 643 g/mol. The van der Waals surface area contributed by atoms with Gasteiger partial charge in [0.2, 0.25) is 0 Å². The maximum absolute atomic E-state index is 15.2. The quantitative estimate of drug-likeness (QED) is 0.243. The van der Waals surface area contributed by atoms with Crippen molar-refractivity contribution in [3.63, 3.8) is 0 Å². The van der Waals surface area contributed by atoms with Crippen LogP contribution in [0.15, 0.2) is 48.7 Å². The van der Waals surface area contributed by atoms with Crippen LogP contribution in [-0.2, 0) is 18.9 Å². The number of halogens is 2. The Morgan fingerprint density at radius 2 is 2.00 bits per heavy atom. The van der Waals surface area contributed by atoms with E-state index in [1.165, 1.54) is 6.07 Å². The van der Waals surface area contributed by atoms with Crippen LogP contribution in [0.1, 0.15) is 60.9 Å². The zero-order valence-corrected chi connectivity index (χ0v) is 26.0. The number of carbonyl (C=O) groups is 1. The zero-order valence-electron chi connectivity index (χ0n) is 25.2. The number of benzene rings is 2. The highest BCUT2D eigenvalue weighted by atomic mass is 35.5. The first-order chi connectivity index (χ1) is 22.2. The van der Waals surface area contributed by atoms with Gasteiger partial charge >= 0.3 is 5.97 Å². The third-order valence-electron chi connectivity index (χ3n) is 10.1. The van der Waals surface area contributed by atoms with Crippen molar-refractivity contribution < 1.29 is 23.8 Å². The molecule has 0 unspecified atom stereocenters. The van der Waals surface area contributed by atoms with Gasteiger partial charge in [0.05, 0.1) is 34.4 Å². The second-order valence-electron chi connectivity index (χ2n) is 13.1. The summed E-state index contributed by atoms with van der Waals surface area (Å²) < 4.78 is 30.0. The normalized spacial score (nSPS) is 24.3. The molecule has 0 spiro atoms. The predicted molar refractivity (Wildman–Crippen MR) is 167 cm³/mol. The third-order valence-corrected chi connectivity index (χ3v) is 10.4. The number of imidazole rings is 1. The molecule has 4 heterocycles. The van der Waals surface area contributed by atoms with Crippen LogP contribution in [0.2, 0.25) is 5.02 Å². The largest absolute Gasteiger partial charge is 0.478 e. The lowest BCUT2D eigenvalue weighted by Crippen LogP contribution is -2.64. The molecule has 2 aliphatic carbocycles. The van der Waals surface area contributed by atoms with Gasteiger partial charge in [0.15, 0.2) is 17.3 Å². The second kappa shape index (κ2) is 10.6. The number of carboxylic acid groups (broad SMARTS) is 1. The van der Waals surface area contributed by atoms with Crippen molar-refractivity contribution in [3.05, 3.63) is 76.6 Å². The molecule has 3 atom stereocenters. The molecule has 12 heteroatoms. The van der Waals surface area contributed by atoms with E-state index < -0.39 is 17.6 Å². The predicted octanol–water partition coefficient (Wildman–Crippen LogP) is 6.11. The number of hydrogen-bond acceptors (Lipinski definition) is 8. The molecule has 46 heavy (non-hydrogen) atoms. The van der Waals surface area contributed by atoms with Gasteiger partial charge in [0.25, 0.3) is 5.79 Å². The summed E-state index contributed by atoms with van der Waals surface area (Å²) in [5, 5.41) is 19.6. The SMILES string of the molecule is C[C@]1(c2ccc(Cl)cn2)Oc2cccc(N3CCN(Cc4nc5c(F)cc(C(=O)O)cc5n4CC4(CC#N)CC4)[C@H]4CC[C@@H]43)c2O1. The van der Waals surface area contributed by atoms with E-state index in [-0.39, 0.29) is 28.6 Å². The Balaban J connectivity index is 1.07. The van der Waals surface area contributed by atoms with E-state index >= 15 is 4.39 Å². The van der Waals surface area contributed by atoms with Gasteiger partial charge in [0.1, 0.15) is 17.0 Å². The Morgan fingerprint density at radius 1 is 1.17 bits per heavy atom. The zero-order chi connectivity index (χ0) is 31.8. The van der Waals surface area contributed by atoms with Gasteiger partial charge in [-0.3, -0.25) is 9.88 Å². The van der Waals surface area contributed by atoms with Crippen molar-refractivity contribution in [2.45, 2.75) is 70.0 Å². The number of aromatic nitrogens is 3. The summed E-state index contributed by atoms with van der Waals surface area (Å²) in [5.74, 6) is -0.857. The topological polar surface area (TPSA) is 117 Å². The van der Waals surface area contributed by atoms with Crippen molar-refractivity contribution in [3.8, 4) is 17.6 Å². The summed E-state index contributed by atoms with van der Waals surface area (Å²) in [7, 11) is 0. The van der Waals surface area contributed by atoms with E-state index in [0.29, 0.717) is 53.1 Å². The lowest BCUT2D eigenvalue weighted by molar-refractivity contribution is -0.0717. The van der Waals surface area contributed by atoms with E-state index in [4.69, 9.17) is 26.1 Å². The molecule has 2 aromatic carbocycles. The van der Waals surface area contributed by atoms with Gasteiger partial charge in [0, 0.05) is 56.7 Å². The summed E-state index contributed by atoms with van der Waals surface area (Å²) in [5.41, 5.74) is 1.95. The standard InChI is InChI=1S/C34H32ClFN6O4/c1-33(28-8-5-21(35)17-38-28)45-27-4-2-3-25(31(27)46-33)41-14-13-40(23-6-7-24(23)41)18-29-39-30-22(36)15-20(32(43)44)16-26(30)42(29)19-34(9-10-34)11-12-37/h2-5,8,15-17,23-24H,6-7,9-11,13-14,18-19H2,1H3,(H,43,44)/t23-,24-,33-/m0/s1. The lowest BCUT2D eigenvalue weighted by Gasteiger charge is -2.54. The Kier molecular flexibility index (Phi) is 6.67. The van der Waals surface area contributed by atoms with Crippen LogP contribution >= 0.6 is 11.6 Å². The maximum Gasteiger partial charge on any atom is 0.335 e. The van der Waals surface area contributed by atoms with Crippen molar-refractivity contribution in [2.75, 3.05) is 18.0 Å². The number of rotatable bonds is 8. The molecule has 4 aromatic rings. The monoisotopic (exact) mass is 642 g/mol. The number of piperazine rings is 1.